The van der Waals surface area contributed by atoms with Crippen molar-refractivity contribution in [1.29, 1.82) is 0 Å². The standard InChI is InChI=1S/C36H49N5O10S/c1-8-22-19-36(22,31(44)40-52(46,47)51-35(6)14-15-35)39-28(42)26-18-24(49-29-25-10-9-23(48-7)17-21(25)11-16-37-29)20-41(26)30(43)27(33(2,3)4)38-32(45)50-34(5)12-13-34/h9-11,16-17,22,24,26-27H,8,12-15,18-20H2,1-7H3,(H,38,45)(H,39,42)(H,40,44)/t22-,24-,26+,27-,36-/m1/s1. The number of fused-ring (bicyclic) bond motifs is 1. The van der Waals surface area contributed by atoms with Crippen LogP contribution in [0.3, 0.4) is 0 Å². The van der Waals surface area contributed by atoms with Crippen molar-refractivity contribution in [2.24, 2.45) is 11.3 Å². The minimum atomic E-state index is -4.45. The lowest BCUT2D eigenvalue weighted by molar-refractivity contribution is -0.143. The molecule has 3 aliphatic carbocycles. The van der Waals surface area contributed by atoms with Gasteiger partial charge in [0.2, 0.25) is 17.7 Å². The Balaban J connectivity index is 1.26. The smallest absolute Gasteiger partial charge is 0.408 e. The molecule has 1 aromatic carbocycles. The summed E-state index contributed by atoms with van der Waals surface area (Å²) in [6.45, 7) is 10.6. The first-order valence-electron chi connectivity index (χ1n) is 17.8. The van der Waals surface area contributed by atoms with E-state index in [4.69, 9.17) is 18.4 Å². The highest BCUT2D eigenvalue weighted by atomic mass is 32.2. The molecule has 1 saturated heterocycles. The summed E-state index contributed by atoms with van der Waals surface area (Å²) in [7, 11) is -2.88. The van der Waals surface area contributed by atoms with Gasteiger partial charge in [-0.2, -0.15) is 8.42 Å². The number of nitrogens with zero attached hydrogens (tertiary/aromatic N) is 2. The van der Waals surface area contributed by atoms with E-state index >= 15 is 0 Å². The average Bonchev–Trinajstić information content (AvgIpc) is 4.02. The SMILES string of the molecule is CC[C@@H]1C[C@]1(NC(=O)[C@@H]1C[C@@H](Oc2nccc3cc(OC)ccc23)CN1C(=O)[C@@H](NC(=O)OC1(C)CC1)C(C)(C)C)C(=O)NS(=O)(=O)OC1(C)CC1. The zero-order valence-electron chi connectivity index (χ0n) is 30.7. The number of hydrogen-bond donors (Lipinski definition) is 3. The highest BCUT2D eigenvalue weighted by Crippen LogP contribution is 2.47. The Bertz CT molecular complexity index is 1870. The molecule has 4 fully saturated rings. The van der Waals surface area contributed by atoms with Crippen LogP contribution in [0, 0.1) is 11.3 Å². The number of benzene rings is 1. The van der Waals surface area contributed by atoms with Gasteiger partial charge in [0.15, 0.2) is 0 Å². The first-order valence-corrected chi connectivity index (χ1v) is 19.2. The van der Waals surface area contributed by atoms with Crippen LogP contribution in [0.4, 0.5) is 4.79 Å². The Morgan fingerprint density at radius 1 is 1.06 bits per heavy atom. The van der Waals surface area contributed by atoms with Crippen LogP contribution in [0.25, 0.3) is 10.8 Å². The Morgan fingerprint density at radius 2 is 1.75 bits per heavy atom. The normalized spacial score (nSPS) is 26.1. The molecule has 0 spiro atoms. The predicted molar refractivity (Wildman–Crippen MR) is 188 cm³/mol. The molecule has 284 valence electrons. The maximum absolute atomic E-state index is 14.5. The van der Waals surface area contributed by atoms with Crippen molar-refractivity contribution < 1.29 is 46.0 Å². The second-order valence-corrected chi connectivity index (χ2v) is 17.4. The zero-order chi connectivity index (χ0) is 37.9. The number of amides is 4. The molecule has 1 aliphatic heterocycles. The van der Waals surface area contributed by atoms with E-state index in [2.05, 4.69) is 15.6 Å². The molecule has 6 rings (SSSR count). The van der Waals surface area contributed by atoms with Gasteiger partial charge in [0.1, 0.15) is 35.1 Å². The van der Waals surface area contributed by atoms with Gasteiger partial charge in [-0.25, -0.2) is 18.7 Å². The minimum absolute atomic E-state index is 0.0272. The molecule has 52 heavy (non-hydrogen) atoms. The molecule has 3 saturated carbocycles. The number of carbonyl (C=O) groups is 4. The third-order valence-electron chi connectivity index (χ3n) is 10.6. The van der Waals surface area contributed by atoms with Crippen LogP contribution in [0.15, 0.2) is 30.5 Å². The van der Waals surface area contributed by atoms with E-state index in [1.165, 1.54) is 4.90 Å². The second kappa shape index (κ2) is 13.3. The van der Waals surface area contributed by atoms with Gasteiger partial charge in [0.25, 0.3) is 5.91 Å². The summed E-state index contributed by atoms with van der Waals surface area (Å²) in [5.41, 5.74) is -3.76. The number of alkyl carbamates (subject to hydrolysis) is 1. The Hall–Kier alpha value is -4.18. The molecule has 3 N–H and O–H groups in total. The maximum Gasteiger partial charge on any atom is 0.408 e. The lowest BCUT2D eigenvalue weighted by atomic mass is 9.85. The van der Waals surface area contributed by atoms with Crippen LogP contribution >= 0.6 is 0 Å². The van der Waals surface area contributed by atoms with Gasteiger partial charge < -0.3 is 29.7 Å². The lowest BCUT2D eigenvalue weighted by Gasteiger charge is -2.35. The van der Waals surface area contributed by atoms with Crippen molar-refractivity contribution in [3.8, 4) is 11.6 Å². The van der Waals surface area contributed by atoms with Crippen molar-refractivity contribution in [2.45, 2.75) is 121 Å². The largest absolute Gasteiger partial charge is 0.497 e. The van der Waals surface area contributed by atoms with E-state index in [1.54, 1.807) is 47.1 Å². The molecule has 15 nitrogen and oxygen atoms in total. The number of hydrogen-bond acceptors (Lipinski definition) is 11. The van der Waals surface area contributed by atoms with Crippen LogP contribution in [0.1, 0.15) is 86.5 Å². The van der Waals surface area contributed by atoms with Gasteiger partial charge >= 0.3 is 16.4 Å². The monoisotopic (exact) mass is 743 g/mol. The highest BCUT2D eigenvalue weighted by Gasteiger charge is 2.62. The topological polar surface area (TPSA) is 192 Å². The summed E-state index contributed by atoms with van der Waals surface area (Å²) in [6.07, 6.45) is 3.38. The maximum atomic E-state index is 14.5. The van der Waals surface area contributed by atoms with Gasteiger partial charge in [-0.3, -0.25) is 14.4 Å². The van der Waals surface area contributed by atoms with Crippen molar-refractivity contribution in [3.05, 3.63) is 30.5 Å². The molecular formula is C36H49N5O10S. The first kappa shape index (κ1) is 37.6. The van der Waals surface area contributed by atoms with Gasteiger partial charge in [-0.1, -0.05) is 34.1 Å². The molecule has 2 heterocycles. The predicted octanol–water partition coefficient (Wildman–Crippen LogP) is 3.50. The average molecular weight is 744 g/mol. The number of nitrogens with one attached hydrogen (secondary N) is 3. The fourth-order valence-electron chi connectivity index (χ4n) is 6.71. The number of likely N-dealkylation sites (tertiary alicyclic amines) is 1. The summed E-state index contributed by atoms with van der Waals surface area (Å²) >= 11 is 0. The van der Waals surface area contributed by atoms with Crippen LogP contribution < -0.4 is 24.8 Å². The second-order valence-electron chi connectivity index (χ2n) is 16.2. The van der Waals surface area contributed by atoms with Crippen molar-refractivity contribution in [1.82, 2.24) is 25.2 Å². The van der Waals surface area contributed by atoms with Crippen LogP contribution in [-0.2, 0) is 33.6 Å². The number of ether oxygens (including phenoxy) is 3. The lowest BCUT2D eigenvalue weighted by Crippen LogP contribution is -2.60. The van der Waals surface area contributed by atoms with Gasteiger partial charge in [-0.05, 0) is 86.9 Å². The first-order chi connectivity index (χ1) is 24.3. The number of pyridine rings is 1. The van der Waals surface area contributed by atoms with Crippen molar-refractivity contribution in [3.63, 3.8) is 0 Å². The molecule has 1 aromatic heterocycles. The van der Waals surface area contributed by atoms with Crippen molar-refractivity contribution >= 4 is 44.9 Å². The quantitative estimate of drug-likeness (QED) is 0.272. The van der Waals surface area contributed by atoms with Crippen molar-refractivity contribution in [2.75, 3.05) is 13.7 Å². The third kappa shape index (κ3) is 8.07. The van der Waals surface area contributed by atoms with Crippen LogP contribution in [0.5, 0.6) is 11.6 Å². The molecule has 4 amide bonds. The van der Waals surface area contributed by atoms with Gasteiger partial charge in [-0.15, -0.1) is 0 Å². The molecule has 0 unspecified atom stereocenters. The van der Waals surface area contributed by atoms with Gasteiger partial charge in [0, 0.05) is 18.0 Å². The highest BCUT2D eigenvalue weighted by molar-refractivity contribution is 7.85. The minimum Gasteiger partial charge on any atom is -0.497 e. The van der Waals surface area contributed by atoms with E-state index in [9.17, 15) is 27.6 Å². The van der Waals surface area contributed by atoms with Crippen LogP contribution in [-0.4, -0.2) is 90.7 Å². The molecule has 16 heteroatoms. The van der Waals surface area contributed by atoms with Crippen LogP contribution in [0.2, 0.25) is 0 Å². The number of rotatable bonds is 13. The number of carbonyl (C=O) groups excluding carboxylic acids is 4. The van der Waals surface area contributed by atoms with E-state index in [0.717, 1.165) is 18.2 Å². The van der Waals surface area contributed by atoms with E-state index in [-0.39, 0.29) is 25.3 Å². The summed E-state index contributed by atoms with van der Waals surface area (Å²) in [6, 6.07) is 5.01. The van der Waals surface area contributed by atoms with E-state index in [1.807, 2.05) is 36.8 Å². The zero-order valence-corrected chi connectivity index (χ0v) is 31.6. The molecule has 5 atom stereocenters. The summed E-state index contributed by atoms with van der Waals surface area (Å²) in [5.74, 6) is -1.50. The number of aromatic nitrogens is 1. The summed E-state index contributed by atoms with van der Waals surface area (Å²) in [4.78, 5) is 61.1. The van der Waals surface area contributed by atoms with Gasteiger partial charge in [0.05, 0.1) is 19.3 Å². The summed E-state index contributed by atoms with van der Waals surface area (Å²) < 4.78 is 50.0. The molecule has 2 aromatic rings. The Kier molecular flexibility index (Phi) is 9.64. The summed E-state index contributed by atoms with van der Waals surface area (Å²) in [5, 5.41) is 7.07. The number of methoxy groups -OCH3 is 1. The fraction of sp³-hybridized carbons (Fsp3) is 0.639. The van der Waals surface area contributed by atoms with E-state index in [0.29, 0.717) is 36.3 Å². The third-order valence-corrected chi connectivity index (χ3v) is 11.6. The molecular weight excluding hydrogens is 694 g/mol. The molecule has 0 radical (unpaired) electrons. The Labute approximate surface area is 304 Å². The fourth-order valence-corrected chi connectivity index (χ4v) is 7.86. The molecule has 0 bridgehead atoms. The molecule has 4 aliphatic rings. The Morgan fingerprint density at radius 3 is 2.35 bits per heavy atom. The van der Waals surface area contributed by atoms with E-state index < -0.39 is 74.5 Å².